The van der Waals surface area contributed by atoms with Crippen molar-refractivity contribution >= 4 is 0 Å². The second kappa shape index (κ2) is 6.91. The van der Waals surface area contributed by atoms with Crippen LogP contribution in [0.25, 0.3) is 0 Å². The predicted octanol–water partition coefficient (Wildman–Crippen LogP) is 5.07. The Morgan fingerprint density at radius 1 is 0.952 bits per heavy atom. The van der Waals surface area contributed by atoms with Gasteiger partial charge in [-0.2, -0.15) is 0 Å². The molecule has 1 nitrogen and oxygen atoms in total. The third-order valence-corrected chi connectivity index (χ3v) is 4.30. The van der Waals surface area contributed by atoms with E-state index in [2.05, 4.69) is 82.4 Å². The first-order chi connectivity index (χ1) is 10.0. The summed E-state index contributed by atoms with van der Waals surface area (Å²) in [7, 11) is 0. The monoisotopic (exact) mass is 281 g/mol. The zero-order valence-electron chi connectivity index (χ0n) is 13.9. The summed E-state index contributed by atoms with van der Waals surface area (Å²) in [6.45, 7) is 12.1. The lowest BCUT2D eigenvalue weighted by atomic mass is 9.84. The molecule has 0 aliphatic carbocycles. The first-order valence-corrected chi connectivity index (χ1v) is 7.90. The molecule has 0 bridgehead atoms. The minimum absolute atomic E-state index is 0.359. The van der Waals surface area contributed by atoms with Gasteiger partial charge in [-0.15, -0.1) is 0 Å². The topological polar surface area (TPSA) is 12.0 Å². The maximum Gasteiger partial charge on any atom is 0.0392 e. The van der Waals surface area contributed by atoms with E-state index in [1.54, 1.807) is 0 Å². The van der Waals surface area contributed by atoms with E-state index in [0.717, 1.165) is 6.54 Å². The molecule has 1 heteroatoms. The SMILES string of the molecule is CCNC(c1c(C)cc(C)cc1C)C(C)c1ccccc1. The van der Waals surface area contributed by atoms with E-state index in [1.807, 2.05) is 0 Å². The van der Waals surface area contributed by atoms with Crippen LogP contribution in [-0.4, -0.2) is 6.54 Å². The van der Waals surface area contributed by atoms with E-state index in [-0.39, 0.29) is 0 Å². The Bertz CT molecular complexity index is 563. The van der Waals surface area contributed by atoms with E-state index in [9.17, 15) is 0 Å². The van der Waals surface area contributed by atoms with Crippen molar-refractivity contribution in [3.8, 4) is 0 Å². The van der Waals surface area contributed by atoms with Crippen LogP contribution < -0.4 is 5.32 Å². The average molecular weight is 281 g/mol. The molecule has 0 aliphatic heterocycles. The molecule has 0 aliphatic rings. The van der Waals surface area contributed by atoms with Crippen molar-refractivity contribution in [3.63, 3.8) is 0 Å². The van der Waals surface area contributed by atoms with Crippen LogP contribution in [0.2, 0.25) is 0 Å². The zero-order valence-corrected chi connectivity index (χ0v) is 13.9. The van der Waals surface area contributed by atoms with Crippen molar-refractivity contribution in [2.45, 2.75) is 46.6 Å². The number of hydrogen-bond acceptors (Lipinski definition) is 1. The van der Waals surface area contributed by atoms with Crippen molar-refractivity contribution in [2.24, 2.45) is 0 Å². The highest BCUT2D eigenvalue weighted by molar-refractivity contribution is 5.41. The molecule has 0 aromatic heterocycles. The van der Waals surface area contributed by atoms with Crippen molar-refractivity contribution in [1.29, 1.82) is 0 Å². The fraction of sp³-hybridized carbons (Fsp3) is 0.400. The summed E-state index contributed by atoms with van der Waals surface area (Å²) in [6, 6.07) is 15.8. The lowest BCUT2D eigenvalue weighted by molar-refractivity contribution is 0.475. The van der Waals surface area contributed by atoms with Crippen LogP contribution in [0.15, 0.2) is 42.5 Å². The molecular weight excluding hydrogens is 254 g/mol. The molecule has 2 aromatic rings. The molecule has 2 aromatic carbocycles. The van der Waals surface area contributed by atoms with Gasteiger partial charge in [-0.25, -0.2) is 0 Å². The van der Waals surface area contributed by atoms with Gasteiger partial charge in [0.15, 0.2) is 0 Å². The van der Waals surface area contributed by atoms with Crippen molar-refractivity contribution in [1.82, 2.24) is 5.32 Å². The Balaban J connectivity index is 2.44. The summed E-state index contributed by atoms with van der Waals surface area (Å²) in [4.78, 5) is 0. The molecule has 2 atom stereocenters. The fourth-order valence-corrected chi connectivity index (χ4v) is 3.38. The molecule has 2 rings (SSSR count). The van der Waals surface area contributed by atoms with Crippen LogP contribution in [0, 0.1) is 20.8 Å². The number of nitrogens with one attached hydrogen (secondary N) is 1. The number of likely N-dealkylation sites (N-methyl/N-ethyl adjacent to an activating group) is 1. The normalized spacial score (nSPS) is 14.0. The van der Waals surface area contributed by atoms with Gasteiger partial charge in [-0.1, -0.05) is 61.9 Å². The minimum atomic E-state index is 0.359. The Hall–Kier alpha value is -1.60. The molecule has 21 heavy (non-hydrogen) atoms. The maximum absolute atomic E-state index is 3.70. The zero-order chi connectivity index (χ0) is 15.4. The number of benzene rings is 2. The Morgan fingerprint density at radius 3 is 2.05 bits per heavy atom. The summed E-state index contributed by atoms with van der Waals surface area (Å²) in [5.41, 5.74) is 6.97. The minimum Gasteiger partial charge on any atom is -0.310 e. The highest BCUT2D eigenvalue weighted by Gasteiger charge is 2.23. The number of aryl methyl sites for hydroxylation is 3. The molecule has 2 unspecified atom stereocenters. The van der Waals surface area contributed by atoms with Gasteiger partial charge in [-0.3, -0.25) is 0 Å². The van der Waals surface area contributed by atoms with E-state index < -0.39 is 0 Å². The fourth-order valence-electron chi connectivity index (χ4n) is 3.38. The summed E-state index contributed by atoms with van der Waals surface area (Å²) in [6.07, 6.45) is 0. The van der Waals surface area contributed by atoms with Crippen molar-refractivity contribution in [3.05, 3.63) is 70.3 Å². The van der Waals surface area contributed by atoms with Gasteiger partial charge in [0.1, 0.15) is 0 Å². The van der Waals surface area contributed by atoms with Crippen molar-refractivity contribution in [2.75, 3.05) is 6.54 Å². The number of hydrogen-bond donors (Lipinski definition) is 1. The van der Waals surface area contributed by atoms with E-state index in [0.29, 0.717) is 12.0 Å². The molecule has 0 saturated heterocycles. The molecule has 112 valence electrons. The van der Waals surface area contributed by atoms with Crippen molar-refractivity contribution < 1.29 is 0 Å². The second-order valence-corrected chi connectivity index (χ2v) is 6.05. The molecule has 0 radical (unpaired) electrons. The molecule has 0 fully saturated rings. The Labute approximate surface area is 129 Å². The van der Waals surface area contributed by atoms with E-state index in [4.69, 9.17) is 0 Å². The van der Waals surface area contributed by atoms with Gasteiger partial charge < -0.3 is 5.32 Å². The summed E-state index contributed by atoms with van der Waals surface area (Å²) >= 11 is 0. The highest BCUT2D eigenvalue weighted by atomic mass is 14.9. The molecule has 0 spiro atoms. The molecule has 0 saturated carbocycles. The van der Waals surface area contributed by atoms with Gasteiger partial charge >= 0.3 is 0 Å². The third kappa shape index (κ3) is 3.54. The third-order valence-electron chi connectivity index (χ3n) is 4.30. The van der Waals surface area contributed by atoms with E-state index >= 15 is 0 Å². The Morgan fingerprint density at radius 2 is 1.52 bits per heavy atom. The average Bonchev–Trinajstić information content (AvgIpc) is 2.45. The first-order valence-electron chi connectivity index (χ1n) is 7.90. The number of rotatable bonds is 5. The molecule has 0 heterocycles. The second-order valence-electron chi connectivity index (χ2n) is 6.05. The Kier molecular flexibility index (Phi) is 5.19. The van der Waals surface area contributed by atoms with Crippen LogP contribution in [0.5, 0.6) is 0 Å². The molecule has 0 amide bonds. The summed E-state index contributed by atoms with van der Waals surface area (Å²) in [5, 5.41) is 3.70. The van der Waals surface area contributed by atoms with Crippen LogP contribution in [0.4, 0.5) is 0 Å². The summed E-state index contributed by atoms with van der Waals surface area (Å²) < 4.78 is 0. The van der Waals surface area contributed by atoms with Crippen LogP contribution in [0.1, 0.15) is 53.6 Å². The highest BCUT2D eigenvalue weighted by Crippen LogP contribution is 2.34. The van der Waals surface area contributed by atoms with Crippen LogP contribution >= 0.6 is 0 Å². The molecular formula is C20H27N. The van der Waals surface area contributed by atoms with E-state index in [1.165, 1.54) is 27.8 Å². The first kappa shape index (κ1) is 15.8. The summed E-state index contributed by atoms with van der Waals surface area (Å²) in [5.74, 6) is 0.450. The van der Waals surface area contributed by atoms with Crippen LogP contribution in [0.3, 0.4) is 0 Å². The van der Waals surface area contributed by atoms with Gasteiger partial charge in [0.05, 0.1) is 0 Å². The largest absolute Gasteiger partial charge is 0.310 e. The lowest BCUT2D eigenvalue weighted by Gasteiger charge is -2.29. The van der Waals surface area contributed by atoms with Gasteiger partial charge in [0.25, 0.3) is 0 Å². The van der Waals surface area contributed by atoms with Gasteiger partial charge in [0.2, 0.25) is 0 Å². The van der Waals surface area contributed by atoms with Gasteiger partial charge in [0, 0.05) is 12.0 Å². The molecule has 1 N–H and O–H groups in total. The predicted molar refractivity (Wildman–Crippen MR) is 91.9 cm³/mol. The van der Waals surface area contributed by atoms with Crippen LogP contribution in [-0.2, 0) is 0 Å². The quantitative estimate of drug-likeness (QED) is 0.807. The van der Waals surface area contributed by atoms with Gasteiger partial charge in [-0.05, 0) is 49.6 Å². The smallest absolute Gasteiger partial charge is 0.0392 e. The standard InChI is InChI=1S/C20H27N/c1-6-21-20(17(5)18-10-8-7-9-11-18)19-15(3)12-14(2)13-16(19)4/h7-13,17,20-21H,6H2,1-5H3. The maximum atomic E-state index is 3.70. The lowest BCUT2D eigenvalue weighted by Crippen LogP contribution is -2.27.